The van der Waals surface area contributed by atoms with Crippen LogP contribution in [0.3, 0.4) is 0 Å². The highest BCUT2D eigenvalue weighted by atomic mass is 32.1. The van der Waals surface area contributed by atoms with Gasteiger partial charge in [0.2, 0.25) is 5.95 Å². The fraction of sp³-hybridized carbons (Fsp3) is 0.389. The van der Waals surface area contributed by atoms with Crippen molar-refractivity contribution in [3.05, 3.63) is 46.5 Å². The number of nitrogens with one attached hydrogen (secondary N) is 2. The number of hydrogen-bond donors (Lipinski definition) is 4. The molecule has 3 aromatic rings. The molecule has 0 saturated carbocycles. The van der Waals surface area contributed by atoms with Crippen molar-refractivity contribution in [1.29, 1.82) is 0 Å². The Morgan fingerprint density at radius 3 is 2.67 bits per heavy atom. The molecular formula is C18H22FN5O2S. The first-order chi connectivity index (χ1) is 12.8. The van der Waals surface area contributed by atoms with Crippen molar-refractivity contribution < 1.29 is 14.6 Å². The van der Waals surface area contributed by atoms with Crippen molar-refractivity contribution in [2.75, 3.05) is 11.9 Å². The molecule has 3 unspecified atom stereocenters. The number of aliphatic hydroxyl groups excluding tert-OH is 2. The molecule has 27 heavy (non-hydrogen) atoms. The van der Waals surface area contributed by atoms with E-state index in [0.29, 0.717) is 22.7 Å². The van der Waals surface area contributed by atoms with Gasteiger partial charge in [0.25, 0.3) is 0 Å². The molecule has 0 radical (unpaired) electrons. The van der Waals surface area contributed by atoms with Gasteiger partial charge < -0.3 is 15.5 Å². The second-order valence-corrected chi connectivity index (χ2v) is 7.72. The molecule has 3 heterocycles. The summed E-state index contributed by atoms with van der Waals surface area (Å²) in [6.45, 7) is 5.67. The van der Waals surface area contributed by atoms with Gasteiger partial charge in [-0.25, -0.2) is 14.4 Å². The molecule has 7 nitrogen and oxygen atoms in total. The van der Waals surface area contributed by atoms with Crippen LogP contribution in [0, 0.1) is 12.7 Å². The molecule has 0 aliphatic rings. The van der Waals surface area contributed by atoms with Crippen molar-refractivity contribution >= 4 is 27.5 Å². The van der Waals surface area contributed by atoms with Crippen molar-refractivity contribution in [2.45, 2.75) is 39.1 Å². The van der Waals surface area contributed by atoms with Crippen LogP contribution in [0.4, 0.5) is 10.3 Å². The molecule has 0 fully saturated rings. The molecule has 0 aromatic carbocycles. The standard InChI is InChI=1S/C18H22FN5O2S/c1-9(25)6-21-17(26)15-16-14(4-10(2)27-16)23-18(24-15)22-11(3)12-5-13(19)8-20-7-12/h4-5,7-9,11,17,21,25-26H,6H2,1-3H3,(H,22,23,24). The van der Waals surface area contributed by atoms with Crippen LogP contribution in [-0.4, -0.2) is 37.8 Å². The Kier molecular flexibility index (Phi) is 5.95. The van der Waals surface area contributed by atoms with E-state index in [-0.39, 0.29) is 12.6 Å². The first kappa shape index (κ1) is 19.6. The van der Waals surface area contributed by atoms with E-state index < -0.39 is 18.1 Å². The molecule has 0 aliphatic carbocycles. The summed E-state index contributed by atoms with van der Waals surface area (Å²) >= 11 is 1.49. The third-order valence-corrected chi connectivity index (χ3v) is 5.02. The molecular weight excluding hydrogens is 369 g/mol. The third kappa shape index (κ3) is 4.75. The lowest BCUT2D eigenvalue weighted by atomic mass is 10.1. The fourth-order valence-electron chi connectivity index (χ4n) is 2.64. The predicted molar refractivity (Wildman–Crippen MR) is 103 cm³/mol. The molecule has 0 amide bonds. The molecule has 3 atom stereocenters. The van der Waals surface area contributed by atoms with Gasteiger partial charge in [-0.3, -0.25) is 10.3 Å². The number of nitrogens with zero attached hydrogens (tertiary/aromatic N) is 3. The number of aromatic nitrogens is 3. The summed E-state index contributed by atoms with van der Waals surface area (Å²) in [4.78, 5) is 13.9. The lowest BCUT2D eigenvalue weighted by Gasteiger charge is -2.17. The number of fused-ring (bicyclic) bond motifs is 1. The smallest absolute Gasteiger partial charge is 0.224 e. The van der Waals surface area contributed by atoms with Gasteiger partial charge in [0.15, 0.2) is 0 Å². The van der Waals surface area contributed by atoms with E-state index in [1.54, 1.807) is 13.1 Å². The lowest BCUT2D eigenvalue weighted by Crippen LogP contribution is -2.29. The van der Waals surface area contributed by atoms with Crippen LogP contribution >= 0.6 is 11.3 Å². The van der Waals surface area contributed by atoms with E-state index in [2.05, 4.69) is 25.6 Å². The minimum Gasteiger partial charge on any atom is -0.392 e. The lowest BCUT2D eigenvalue weighted by molar-refractivity contribution is 0.107. The molecule has 144 valence electrons. The van der Waals surface area contributed by atoms with Crippen molar-refractivity contribution in [3.63, 3.8) is 0 Å². The fourth-order valence-corrected chi connectivity index (χ4v) is 3.61. The van der Waals surface area contributed by atoms with E-state index in [1.807, 2.05) is 19.9 Å². The van der Waals surface area contributed by atoms with Crippen LogP contribution in [0.5, 0.6) is 0 Å². The summed E-state index contributed by atoms with van der Waals surface area (Å²) in [6.07, 6.45) is 1.08. The van der Waals surface area contributed by atoms with Gasteiger partial charge in [0.1, 0.15) is 17.7 Å². The largest absolute Gasteiger partial charge is 0.392 e. The van der Waals surface area contributed by atoms with Crippen LogP contribution in [0.25, 0.3) is 10.2 Å². The normalized spacial score (nSPS) is 14.9. The van der Waals surface area contributed by atoms with Crippen LogP contribution in [0.15, 0.2) is 24.5 Å². The van der Waals surface area contributed by atoms with Gasteiger partial charge in [-0.15, -0.1) is 11.3 Å². The molecule has 4 N–H and O–H groups in total. The molecule has 0 saturated heterocycles. The Balaban J connectivity index is 1.91. The van der Waals surface area contributed by atoms with Crippen LogP contribution < -0.4 is 10.6 Å². The summed E-state index contributed by atoms with van der Waals surface area (Å²) in [5.41, 5.74) is 1.81. The SMILES string of the molecule is Cc1cc2nc(NC(C)c3cncc(F)c3)nc(C(O)NCC(C)O)c2s1. The van der Waals surface area contributed by atoms with Crippen molar-refractivity contribution in [2.24, 2.45) is 0 Å². The van der Waals surface area contributed by atoms with Gasteiger partial charge >= 0.3 is 0 Å². The Labute approximate surface area is 160 Å². The number of rotatable bonds is 7. The number of aryl methyl sites for hydroxylation is 1. The number of halogens is 1. The Morgan fingerprint density at radius 2 is 1.96 bits per heavy atom. The molecule has 3 rings (SSSR count). The summed E-state index contributed by atoms with van der Waals surface area (Å²) in [6, 6.07) is 3.05. The van der Waals surface area contributed by atoms with Crippen LogP contribution in [0.2, 0.25) is 0 Å². The number of pyridine rings is 1. The average molecular weight is 391 g/mol. The molecule has 0 aliphatic heterocycles. The maximum Gasteiger partial charge on any atom is 0.224 e. The zero-order chi connectivity index (χ0) is 19.6. The van der Waals surface area contributed by atoms with Crippen molar-refractivity contribution in [3.8, 4) is 0 Å². The van der Waals surface area contributed by atoms with E-state index in [0.717, 1.165) is 15.8 Å². The minimum atomic E-state index is -1.05. The van der Waals surface area contributed by atoms with E-state index in [9.17, 15) is 14.6 Å². The van der Waals surface area contributed by atoms with Gasteiger partial charge in [-0.1, -0.05) is 0 Å². The maximum absolute atomic E-state index is 13.4. The first-order valence-corrected chi connectivity index (χ1v) is 9.39. The molecule has 3 aromatic heterocycles. The number of hydrogen-bond acceptors (Lipinski definition) is 8. The summed E-state index contributed by atoms with van der Waals surface area (Å²) < 4.78 is 14.2. The third-order valence-electron chi connectivity index (χ3n) is 3.96. The van der Waals surface area contributed by atoms with E-state index in [4.69, 9.17) is 0 Å². The van der Waals surface area contributed by atoms with Crippen molar-refractivity contribution in [1.82, 2.24) is 20.3 Å². The Hall–Kier alpha value is -2.20. The quantitative estimate of drug-likeness (QED) is 0.459. The highest BCUT2D eigenvalue weighted by Gasteiger charge is 2.19. The summed E-state index contributed by atoms with van der Waals surface area (Å²) in [5.74, 6) is -0.0885. The van der Waals surface area contributed by atoms with Gasteiger partial charge in [0.05, 0.1) is 28.6 Å². The van der Waals surface area contributed by atoms with Gasteiger partial charge in [-0.2, -0.15) is 0 Å². The minimum absolute atomic E-state index is 0.227. The predicted octanol–water partition coefficient (Wildman–Crippen LogP) is 2.67. The van der Waals surface area contributed by atoms with E-state index >= 15 is 0 Å². The second-order valence-electron chi connectivity index (χ2n) is 6.47. The van der Waals surface area contributed by atoms with E-state index in [1.165, 1.54) is 17.4 Å². The highest BCUT2D eigenvalue weighted by Crippen LogP contribution is 2.30. The summed E-state index contributed by atoms with van der Waals surface area (Å²) in [5, 5.41) is 25.9. The monoisotopic (exact) mass is 391 g/mol. The molecule has 9 heteroatoms. The summed E-state index contributed by atoms with van der Waals surface area (Å²) in [7, 11) is 0. The molecule has 0 bridgehead atoms. The van der Waals surface area contributed by atoms with Crippen LogP contribution in [0.1, 0.15) is 42.3 Å². The average Bonchev–Trinajstić information content (AvgIpc) is 2.98. The Bertz CT molecular complexity index is 933. The van der Waals surface area contributed by atoms with Gasteiger partial charge in [-0.05, 0) is 38.5 Å². The highest BCUT2D eigenvalue weighted by molar-refractivity contribution is 7.19. The topological polar surface area (TPSA) is 103 Å². The zero-order valence-electron chi connectivity index (χ0n) is 15.3. The molecule has 0 spiro atoms. The Morgan fingerprint density at radius 1 is 1.19 bits per heavy atom. The maximum atomic E-state index is 13.4. The van der Waals surface area contributed by atoms with Crippen LogP contribution in [-0.2, 0) is 0 Å². The van der Waals surface area contributed by atoms with Gasteiger partial charge in [0, 0.05) is 17.6 Å². The zero-order valence-corrected chi connectivity index (χ0v) is 16.1. The number of thiophene rings is 1. The first-order valence-electron chi connectivity index (χ1n) is 8.58. The number of aliphatic hydroxyl groups is 2. The number of anilines is 1. The second kappa shape index (κ2) is 8.22.